The Hall–Kier alpha value is -3.09. The molecule has 2 aromatic heterocycles. The number of aromatic nitrogens is 3. The number of aromatic amines is 1. The summed E-state index contributed by atoms with van der Waals surface area (Å²) in [5.41, 5.74) is 4.22. The van der Waals surface area contributed by atoms with Crippen molar-refractivity contribution in [1.29, 1.82) is 0 Å². The average Bonchev–Trinajstić information content (AvgIpc) is 3.04. The van der Waals surface area contributed by atoms with E-state index in [4.69, 9.17) is 4.74 Å². The molecule has 2 N–H and O–H groups in total. The predicted molar refractivity (Wildman–Crippen MR) is 106 cm³/mol. The molecule has 0 spiro atoms. The molecule has 4 rings (SSSR count). The van der Waals surface area contributed by atoms with E-state index in [1.54, 1.807) is 11.7 Å². The minimum absolute atomic E-state index is 0.0362. The fourth-order valence-electron chi connectivity index (χ4n) is 3.91. The summed E-state index contributed by atoms with van der Waals surface area (Å²) < 4.78 is 7.24. The van der Waals surface area contributed by atoms with Gasteiger partial charge in [0.2, 0.25) is 0 Å². The van der Waals surface area contributed by atoms with E-state index in [-0.39, 0.29) is 5.56 Å². The van der Waals surface area contributed by atoms with Gasteiger partial charge in [-0.25, -0.2) is 4.79 Å². The molecule has 0 aliphatic heterocycles. The molecule has 2 heterocycles. The molecule has 0 saturated carbocycles. The van der Waals surface area contributed by atoms with Gasteiger partial charge in [-0.2, -0.15) is 5.10 Å². The van der Waals surface area contributed by atoms with Crippen LogP contribution >= 0.6 is 0 Å². The Morgan fingerprint density at radius 3 is 2.71 bits per heavy atom. The normalized spacial score (nSPS) is 14.5. The molecule has 1 aromatic carbocycles. The smallest absolute Gasteiger partial charge is 0.408 e. The third-order valence-electron chi connectivity index (χ3n) is 5.30. The maximum absolute atomic E-state index is 12.4. The highest BCUT2D eigenvalue weighted by molar-refractivity contribution is 5.84. The van der Waals surface area contributed by atoms with Crippen molar-refractivity contribution in [2.75, 3.05) is 0 Å². The van der Waals surface area contributed by atoms with Crippen LogP contribution in [0.15, 0.2) is 35.1 Å². The Labute approximate surface area is 162 Å². The Kier molecular flexibility index (Phi) is 4.90. The van der Waals surface area contributed by atoms with Crippen molar-refractivity contribution in [2.45, 2.75) is 45.3 Å². The molecule has 0 radical (unpaired) electrons. The van der Waals surface area contributed by atoms with Crippen molar-refractivity contribution in [3.63, 3.8) is 0 Å². The number of carbonyl (C=O) groups is 1. The zero-order chi connectivity index (χ0) is 19.7. The maximum atomic E-state index is 12.4. The van der Waals surface area contributed by atoms with E-state index >= 15 is 0 Å². The molecule has 146 valence electrons. The first kappa shape index (κ1) is 18.3. The number of H-pyrrole nitrogens is 1. The maximum Gasteiger partial charge on any atom is 0.408 e. The monoisotopic (exact) mass is 380 g/mol. The number of aryl methyl sites for hydroxylation is 2. The number of carbonyl (C=O) groups excluding carboxylic acids is 1. The van der Waals surface area contributed by atoms with Gasteiger partial charge in [0.15, 0.2) is 0 Å². The highest BCUT2D eigenvalue weighted by atomic mass is 16.6. The predicted octanol–water partition coefficient (Wildman–Crippen LogP) is 3.13. The van der Waals surface area contributed by atoms with Gasteiger partial charge in [-0.05, 0) is 43.7 Å². The highest BCUT2D eigenvalue weighted by Crippen LogP contribution is 2.31. The molecule has 7 heteroatoms. The van der Waals surface area contributed by atoms with Gasteiger partial charge in [0.05, 0.1) is 0 Å². The van der Waals surface area contributed by atoms with Gasteiger partial charge in [0.1, 0.15) is 17.4 Å². The van der Waals surface area contributed by atoms with Crippen LogP contribution < -0.4 is 10.9 Å². The quantitative estimate of drug-likeness (QED) is 0.728. The second kappa shape index (κ2) is 7.50. The van der Waals surface area contributed by atoms with Crippen molar-refractivity contribution in [3.05, 3.63) is 63.1 Å². The number of nitrogens with one attached hydrogen (secondary N) is 2. The minimum atomic E-state index is -0.531. The second-order valence-corrected chi connectivity index (χ2v) is 7.24. The molecule has 1 atom stereocenters. The molecule has 7 nitrogen and oxygen atoms in total. The SMILES string of the molecule is CC(OC(=O)NCc1ccccc1)c1nn(C)c2[nH]c(=O)c3c(c12)CCCC3. The van der Waals surface area contributed by atoms with E-state index in [1.807, 2.05) is 37.3 Å². The largest absolute Gasteiger partial charge is 0.440 e. The molecule has 1 aliphatic rings. The third kappa shape index (κ3) is 3.40. The van der Waals surface area contributed by atoms with E-state index in [9.17, 15) is 9.59 Å². The van der Waals surface area contributed by atoms with Crippen molar-refractivity contribution < 1.29 is 9.53 Å². The summed E-state index contributed by atoms with van der Waals surface area (Å²) in [7, 11) is 1.79. The standard InChI is InChI=1S/C21H24N4O3/c1-13(28-21(27)22-12-14-8-4-3-5-9-14)18-17-15-10-6-7-11-16(15)20(26)23-19(17)25(2)24-18/h3-5,8-9,13H,6-7,10-12H2,1-2H3,(H,22,27)(H,23,26). The number of alkyl carbamates (subject to hydrolysis) is 1. The summed E-state index contributed by atoms with van der Waals surface area (Å²) in [6, 6.07) is 9.67. The van der Waals surface area contributed by atoms with Gasteiger partial charge < -0.3 is 15.0 Å². The molecule has 1 amide bonds. The number of hydrogen-bond acceptors (Lipinski definition) is 4. The van der Waals surface area contributed by atoms with Crippen molar-refractivity contribution in [3.8, 4) is 0 Å². The lowest BCUT2D eigenvalue weighted by Gasteiger charge is -2.17. The lowest BCUT2D eigenvalue weighted by atomic mass is 9.90. The van der Waals surface area contributed by atoms with Crippen molar-refractivity contribution >= 4 is 17.1 Å². The number of rotatable bonds is 4. The molecule has 1 unspecified atom stereocenters. The van der Waals surface area contributed by atoms with Crippen molar-refractivity contribution in [1.82, 2.24) is 20.1 Å². The zero-order valence-electron chi connectivity index (χ0n) is 16.1. The summed E-state index contributed by atoms with van der Waals surface area (Å²) >= 11 is 0. The van der Waals surface area contributed by atoms with Gasteiger partial charge in [0, 0.05) is 24.5 Å². The molecule has 0 fully saturated rings. The van der Waals surface area contributed by atoms with Crippen LogP contribution in [0.1, 0.15) is 48.3 Å². The van der Waals surface area contributed by atoms with Crippen LogP contribution in [0.25, 0.3) is 11.0 Å². The minimum Gasteiger partial charge on any atom is -0.440 e. The summed E-state index contributed by atoms with van der Waals surface area (Å²) in [4.78, 5) is 27.6. The Morgan fingerprint density at radius 2 is 1.96 bits per heavy atom. The number of pyridine rings is 1. The number of amides is 1. The third-order valence-corrected chi connectivity index (χ3v) is 5.30. The first-order valence-corrected chi connectivity index (χ1v) is 9.63. The Balaban J connectivity index is 1.58. The first-order chi connectivity index (χ1) is 13.5. The number of fused-ring (bicyclic) bond motifs is 3. The molecular formula is C21H24N4O3. The van der Waals surface area contributed by atoms with E-state index < -0.39 is 12.2 Å². The summed E-state index contributed by atoms with van der Waals surface area (Å²) in [6.07, 6.45) is 2.67. The molecule has 3 aromatic rings. The molecule has 1 aliphatic carbocycles. The molecule has 28 heavy (non-hydrogen) atoms. The Bertz CT molecular complexity index is 1070. The van der Waals surface area contributed by atoms with E-state index in [1.165, 1.54) is 0 Å². The van der Waals surface area contributed by atoms with Crippen LogP contribution in [0.4, 0.5) is 4.79 Å². The average molecular weight is 380 g/mol. The van der Waals surface area contributed by atoms with Gasteiger partial charge in [-0.15, -0.1) is 0 Å². The molecule has 0 bridgehead atoms. The number of hydrogen-bond donors (Lipinski definition) is 2. The van der Waals surface area contributed by atoms with E-state index in [0.717, 1.165) is 47.8 Å². The van der Waals surface area contributed by atoms with Crippen LogP contribution in [0.2, 0.25) is 0 Å². The van der Waals surface area contributed by atoms with Crippen molar-refractivity contribution in [2.24, 2.45) is 7.05 Å². The van der Waals surface area contributed by atoms with Gasteiger partial charge in [-0.3, -0.25) is 9.48 Å². The van der Waals surface area contributed by atoms with E-state index in [2.05, 4.69) is 15.4 Å². The van der Waals surface area contributed by atoms with Gasteiger partial charge in [0.25, 0.3) is 5.56 Å². The lowest BCUT2D eigenvalue weighted by molar-refractivity contribution is 0.105. The van der Waals surface area contributed by atoms with Crippen LogP contribution in [0.5, 0.6) is 0 Å². The van der Waals surface area contributed by atoms with Gasteiger partial charge >= 0.3 is 6.09 Å². The highest BCUT2D eigenvalue weighted by Gasteiger charge is 2.25. The topological polar surface area (TPSA) is 89.0 Å². The molecule has 0 saturated heterocycles. The van der Waals surface area contributed by atoms with E-state index in [0.29, 0.717) is 17.9 Å². The fourth-order valence-corrected chi connectivity index (χ4v) is 3.91. The van der Waals surface area contributed by atoms with Crippen LogP contribution in [0.3, 0.4) is 0 Å². The first-order valence-electron chi connectivity index (χ1n) is 9.63. The summed E-state index contributed by atoms with van der Waals surface area (Å²) in [5.74, 6) is 0. The lowest BCUT2D eigenvalue weighted by Crippen LogP contribution is -2.25. The Morgan fingerprint density at radius 1 is 1.25 bits per heavy atom. The van der Waals surface area contributed by atoms with Crippen LogP contribution in [-0.2, 0) is 31.2 Å². The number of ether oxygens (including phenoxy) is 1. The fraction of sp³-hybridized carbons (Fsp3) is 0.381. The van der Waals surface area contributed by atoms with Crippen LogP contribution in [-0.4, -0.2) is 20.9 Å². The summed E-state index contributed by atoms with van der Waals surface area (Å²) in [6.45, 7) is 2.21. The van der Waals surface area contributed by atoms with Crippen LogP contribution in [0, 0.1) is 0 Å². The number of benzene rings is 1. The molecular weight excluding hydrogens is 356 g/mol. The van der Waals surface area contributed by atoms with Gasteiger partial charge in [-0.1, -0.05) is 30.3 Å². The second-order valence-electron chi connectivity index (χ2n) is 7.24. The summed E-state index contributed by atoms with van der Waals surface area (Å²) in [5, 5.41) is 8.24. The number of nitrogens with zero attached hydrogens (tertiary/aromatic N) is 2. The zero-order valence-corrected chi connectivity index (χ0v) is 16.1.